The fourth-order valence-electron chi connectivity index (χ4n) is 0.504. The number of halogens is 5. The van der Waals surface area contributed by atoms with Crippen LogP contribution in [-0.2, 0) is 9.53 Å². The molecule has 4 nitrogen and oxygen atoms in total. The van der Waals surface area contributed by atoms with Gasteiger partial charge in [0, 0.05) is 13.1 Å². The van der Waals surface area contributed by atoms with Crippen molar-refractivity contribution in [3.63, 3.8) is 0 Å². The summed E-state index contributed by atoms with van der Waals surface area (Å²) < 4.78 is 58.3. The van der Waals surface area contributed by atoms with Crippen molar-refractivity contribution >= 4 is 5.97 Å². The lowest BCUT2D eigenvalue weighted by molar-refractivity contribution is -0.192. The van der Waals surface area contributed by atoms with Crippen LogP contribution in [0.2, 0.25) is 0 Å². The summed E-state index contributed by atoms with van der Waals surface area (Å²) in [5, 5.41) is 9.93. The number of hydrogen-bond donors (Lipinski definition) is 2. The molecule has 90 valence electrons. The summed E-state index contributed by atoms with van der Waals surface area (Å²) >= 11 is 0. The molecule has 9 heteroatoms. The zero-order valence-corrected chi connectivity index (χ0v) is 7.22. The Labute approximate surface area is 81.0 Å². The third-order valence-electron chi connectivity index (χ3n) is 1.28. The van der Waals surface area contributed by atoms with Crippen LogP contribution >= 0.6 is 0 Å². The van der Waals surface area contributed by atoms with E-state index in [9.17, 15) is 22.0 Å². The van der Waals surface area contributed by atoms with Gasteiger partial charge in [0.15, 0.2) is 0 Å². The van der Waals surface area contributed by atoms with Gasteiger partial charge in [-0.25, -0.2) is 4.79 Å². The third kappa shape index (κ3) is 7.03. The second-order valence-corrected chi connectivity index (χ2v) is 2.48. The van der Waals surface area contributed by atoms with E-state index in [1.165, 1.54) is 0 Å². The van der Waals surface area contributed by atoms with E-state index in [1.807, 2.05) is 0 Å². The Bertz CT molecular complexity index is 203. The van der Waals surface area contributed by atoms with E-state index in [4.69, 9.17) is 9.90 Å². The van der Waals surface area contributed by atoms with Gasteiger partial charge in [0.2, 0.25) is 0 Å². The van der Waals surface area contributed by atoms with Crippen molar-refractivity contribution < 1.29 is 36.6 Å². The summed E-state index contributed by atoms with van der Waals surface area (Å²) in [7, 11) is 0. The van der Waals surface area contributed by atoms with Crippen LogP contribution in [0.15, 0.2) is 0 Å². The third-order valence-corrected chi connectivity index (χ3v) is 1.28. The molecule has 0 aromatic carbocycles. The molecule has 0 aliphatic carbocycles. The molecule has 15 heavy (non-hydrogen) atoms. The van der Waals surface area contributed by atoms with E-state index >= 15 is 0 Å². The van der Waals surface area contributed by atoms with Gasteiger partial charge in [-0.05, 0) is 0 Å². The maximum Gasteiger partial charge on any atom is 0.490 e. The van der Waals surface area contributed by atoms with Gasteiger partial charge in [-0.2, -0.15) is 22.0 Å². The van der Waals surface area contributed by atoms with Crippen molar-refractivity contribution in [2.75, 3.05) is 13.1 Å². The predicted molar refractivity (Wildman–Crippen MR) is 37.4 cm³/mol. The van der Waals surface area contributed by atoms with Gasteiger partial charge in [-0.15, -0.1) is 0 Å². The fourth-order valence-corrected chi connectivity index (χ4v) is 0.504. The number of carboxylic acid groups (broad SMARTS) is 1. The van der Waals surface area contributed by atoms with Crippen LogP contribution in [0.3, 0.4) is 0 Å². The summed E-state index contributed by atoms with van der Waals surface area (Å²) in [4.78, 5) is 8.90. The van der Waals surface area contributed by atoms with E-state index in [2.05, 4.69) is 10.1 Å². The summed E-state index contributed by atoms with van der Waals surface area (Å²) in [6, 6.07) is 0. The Morgan fingerprint density at radius 2 is 1.80 bits per heavy atom. The molecule has 0 amide bonds. The quantitative estimate of drug-likeness (QED) is 0.698. The molecule has 0 atom stereocenters. The van der Waals surface area contributed by atoms with Crippen molar-refractivity contribution in [2.24, 2.45) is 0 Å². The highest BCUT2D eigenvalue weighted by Gasteiger charge is 2.38. The molecule has 0 unspecified atom stereocenters. The summed E-state index contributed by atoms with van der Waals surface area (Å²) in [5.41, 5.74) is 0. The highest BCUT2D eigenvalue weighted by molar-refractivity contribution is 5.73. The first-order valence-electron chi connectivity index (χ1n) is 3.68. The summed E-state index contributed by atoms with van der Waals surface area (Å²) in [6.07, 6.45) is -5.34. The van der Waals surface area contributed by atoms with Crippen LogP contribution in [0.5, 0.6) is 0 Å². The number of rotatable bonds is 2. The monoisotopic (exact) mass is 237 g/mol. The average Bonchev–Trinajstić information content (AvgIpc) is 1.96. The van der Waals surface area contributed by atoms with Crippen LogP contribution in [0.25, 0.3) is 0 Å². The molecule has 0 bridgehead atoms. The van der Waals surface area contributed by atoms with Gasteiger partial charge < -0.3 is 15.2 Å². The average molecular weight is 237 g/mol. The summed E-state index contributed by atoms with van der Waals surface area (Å²) in [6.45, 7) is -1.49. The molecular weight excluding hydrogens is 229 g/mol. The lowest BCUT2D eigenvalue weighted by atomic mass is 10.2. The molecule has 0 radical (unpaired) electrons. The van der Waals surface area contributed by atoms with Crippen molar-refractivity contribution in [3.8, 4) is 0 Å². The molecule has 1 fully saturated rings. The lowest BCUT2D eigenvalue weighted by Gasteiger charge is -2.26. The Morgan fingerprint density at radius 1 is 1.40 bits per heavy atom. The lowest BCUT2D eigenvalue weighted by Crippen LogP contribution is -2.49. The SMILES string of the molecule is FC(F)OC1CNC1.O=C(O)C(F)(F)F. The molecule has 0 spiro atoms. The first-order valence-corrected chi connectivity index (χ1v) is 3.68. The van der Waals surface area contributed by atoms with E-state index in [1.54, 1.807) is 0 Å². The van der Waals surface area contributed by atoms with Crippen molar-refractivity contribution in [1.82, 2.24) is 5.32 Å². The standard InChI is InChI=1S/C4H7F2NO.C2HF3O2/c5-4(6)8-3-1-7-2-3;3-2(4,5)1(6)7/h3-4,7H,1-2H2;(H,6,7). The highest BCUT2D eigenvalue weighted by Crippen LogP contribution is 2.13. The number of aliphatic carboxylic acids is 1. The minimum Gasteiger partial charge on any atom is -0.475 e. The largest absolute Gasteiger partial charge is 0.490 e. The smallest absolute Gasteiger partial charge is 0.475 e. The van der Waals surface area contributed by atoms with Crippen molar-refractivity contribution in [3.05, 3.63) is 0 Å². The van der Waals surface area contributed by atoms with Gasteiger partial charge in [-0.1, -0.05) is 0 Å². The summed E-state index contributed by atoms with van der Waals surface area (Å²) in [5.74, 6) is -2.76. The number of carbonyl (C=O) groups is 1. The predicted octanol–water partition coefficient (Wildman–Crippen LogP) is 0.831. The minimum atomic E-state index is -5.08. The molecule has 0 aromatic heterocycles. The maximum absolute atomic E-state index is 11.3. The second-order valence-electron chi connectivity index (χ2n) is 2.48. The van der Waals surface area contributed by atoms with E-state index in [-0.39, 0.29) is 6.10 Å². The second kappa shape index (κ2) is 5.81. The maximum atomic E-state index is 11.3. The van der Waals surface area contributed by atoms with Gasteiger partial charge in [0.25, 0.3) is 0 Å². The van der Waals surface area contributed by atoms with Gasteiger partial charge in [0.05, 0.1) is 6.10 Å². The van der Waals surface area contributed by atoms with Crippen LogP contribution < -0.4 is 5.32 Å². The molecule has 1 aliphatic heterocycles. The van der Waals surface area contributed by atoms with Crippen molar-refractivity contribution in [1.29, 1.82) is 0 Å². The first-order chi connectivity index (χ1) is 6.73. The Hall–Kier alpha value is -0.960. The van der Waals surface area contributed by atoms with Gasteiger partial charge in [0.1, 0.15) is 0 Å². The van der Waals surface area contributed by atoms with E-state index in [0.29, 0.717) is 13.1 Å². The molecular formula is C6H8F5NO3. The van der Waals surface area contributed by atoms with Crippen LogP contribution in [0, 0.1) is 0 Å². The number of nitrogens with one attached hydrogen (secondary N) is 1. The normalized spacial score (nSPS) is 16.7. The Kier molecular flexibility index (Phi) is 5.44. The number of carboxylic acids is 1. The molecule has 0 saturated carbocycles. The van der Waals surface area contributed by atoms with Gasteiger partial charge >= 0.3 is 18.8 Å². The fraction of sp³-hybridized carbons (Fsp3) is 0.833. The van der Waals surface area contributed by atoms with E-state index in [0.717, 1.165) is 0 Å². The number of alkyl halides is 5. The molecule has 1 saturated heterocycles. The molecule has 2 N–H and O–H groups in total. The number of hydrogen-bond acceptors (Lipinski definition) is 3. The molecule has 0 aromatic rings. The Morgan fingerprint density at radius 3 is 1.87 bits per heavy atom. The first kappa shape index (κ1) is 14.0. The van der Waals surface area contributed by atoms with Gasteiger partial charge in [-0.3, -0.25) is 0 Å². The zero-order valence-electron chi connectivity index (χ0n) is 7.22. The molecule has 1 rings (SSSR count). The van der Waals surface area contributed by atoms with Crippen LogP contribution in [0.4, 0.5) is 22.0 Å². The van der Waals surface area contributed by atoms with Crippen LogP contribution in [0.1, 0.15) is 0 Å². The highest BCUT2D eigenvalue weighted by atomic mass is 19.4. The minimum absolute atomic E-state index is 0.255. The topological polar surface area (TPSA) is 58.6 Å². The van der Waals surface area contributed by atoms with Crippen molar-refractivity contribution in [2.45, 2.75) is 18.9 Å². The van der Waals surface area contributed by atoms with Crippen LogP contribution in [-0.4, -0.2) is 43.1 Å². The Balaban J connectivity index is 0.000000265. The zero-order chi connectivity index (χ0) is 12.1. The number of ether oxygens (including phenoxy) is 1. The molecule has 1 aliphatic rings. The van der Waals surface area contributed by atoms with E-state index < -0.39 is 18.8 Å². The molecule has 1 heterocycles.